The van der Waals surface area contributed by atoms with Crippen molar-refractivity contribution in [3.05, 3.63) is 45.3 Å². The molecule has 78 valence electrons. The molecule has 2 N–H and O–H groups in total. The van der Waals surface area contributed by atoms with Gasteiger partial charge in [0.2, 0.25) is 0 Å². The van der Waals surface area contributed by atoms with Gasteiger partial charge in [0, 0.05) is 22.2 Å². The number of azide groups is 1. The van der Waals surface area contributed by atoms with Crippen LogP contribution in [0, 0.1) is 0 Å². The van der Waals surface area contributed by atoms with E-state index in [1.54, 1.807) is 18.2 Å². The molecule has 0 amide bonds. The summed E-state index contributed by atoms with van der Waals surface area (Å²) >= 11 is 5.95. The van der Waals surface area contributed by atoms with Crippen LogP contribution >= 0.6 is 11.6 Å². The van der Waals surface area contributed by atoms with Gasteiger partial charge < -0.3 is 5.73 Å². The van der Waals surface area contributed by atoms with Crippen molar-refractivity contribution in [3.8, 4) is 0 Å². The van der Waals surface area contributed by atoms with Crippen molar-refractivity contribution in [2.24, 2.45) is 5.11 Å². The quantitative estimate of drug-likeness (QED) is 0.273. The Morgan fingerprint density at radius 2 is 2.33 bits per heavy atom. The summed E-state index contributed by atoms with van der Waals surface area (Å²) in [5, 5.41) is 4.07. The van der Waals surface area contributed by atoms with Gasteiger partial charge in [-0.25, -0.2) is 0 Å². The van der Waals surface area contributed by atoms with Crippen LogP contribution in [0.25, 0.3) is 16.5 Å². The fourth-order valence-corrected chi connectivity index (χ4v) is 1.26. The summed E-state index contributed by atoms with van der Waals surface area (Å²) in [7, 11) is 0. The molecule has 0 aliphatic carbocycles. The molecule has 0 aliphatic rings. The molecule has 0 atom stereocenters. The summed E-state index contributed by atoms with van der Waals surface area (Å²) in [6.45, 7) is 0.451. The minimum Gasteiger partial charge on any atom is -0.399 e. The monoisotopic (exact) mass is 222 g/mol. The van der Waals surface area contributed by atoms with Gasteiger partial charge in [-0.1, -0.05) is 28.9 Å². The molecule has 1 aromatic rings. The van der Waals surface area contributed by atoms with E-state index in [9.17, 15) is 0 Å². The predicted octanol–water partition coefficient (Wildman–Crippen LogP) is 3.64. The number of anilines is 1. The minimum atomic E-state index is 0.451. The first kappa shape index (κ1) is 11.4. The average Bonchev–Trinajstić information content (AvgIpc) is 2.23. The highest BCUT2D eigenvalue weighted by Gasteiger charge is 1.95. The van der Waals surface area contributed by atoms with Crippen LogP contribution in [-0.4, -0.2) is 6.54 Å². The number of halogens is 1. The molecule has 15 heavy (non-hydrogen) atoms. The molecule has 1 rings (SSSR count). The van der Waals surface area contributed by atoms with E-state index in [-0.39, 0.29) is 0 Å². The molecule has 0 aliphatic heterocycles. The first-order valence-corrected chi connectivity index (χ1v) is 4.84. The van der Waals surface area contributed by atoms with E-state index in [4.69, 9.17) is 22.9 Å². The van der Waals surface area contributed by atoms with Gasteiger partial charge in [-0.2, -0.15) is 0 Å². The third kappa shape index (κ3) is 3.94. The Bertz CT molecular complexity index is 408. The van der Waals surface area contributed by atoms with Crippen LogP contribution in [0.2, 0.25) is 5.02 Å². The number of nitrogen functional groups attached to an aromatic ring is 1. The molecule has 0 saturated carbocycles. The lowest BCUT2D eigenvalue weighted by Gasteiger charge is -1.99. The van der Waals surface area contributed by atoms with Crippen LogP contribution in [-0.2, 0) is 0 Å². The predicted molar refractivity (Wildman–Crippen MR) is 63.5 cm³/mol. The van der Waals surface area contributed by atoms with Crippen molar-refractivity contribution in [3.63, 3.8) is 0 Å². The fraction of sp³-hybridized carbons (Fsp3) is 0.200. The van der Waals surface area contributed by atoms with Crippen molar-refractivity contribution in [1.82, 2.24) is 0 Å². The average molecular weight is 223 g/mol. The molecule has 0 spiro atoms. The van der Waals surface area contributed by atoms with E-state index in [0.29, 0.717) is 23.7 Å². The zero-order valence-corrected chi connectivity index (χ0v) is 8.85. The highest BCUT2D eigenvalue weighted by molar-refractivity contribution is 6.32. The van der Waals surface area contributed by atoms with Gasteiger partial charge in [-0.05, 0) is 35.7 Å². The summed E-state index contributed by atoms with van der Waals surface area (Å²) in [5.41, 5.74) is 15.2. The van der Waals surface area contributed by atoms with Crippen molar-refractivity contribution in [2.45, 2.75) is 6.42 Å². The molecule has 0 saturated heterocycles. The fourth-order valence-electron chi connectivity index (χ4n) is 1.08. The van der Waals surface area contributed by atoms with E-state index in [1.807, 2.05) is 12.2 Å². The minimum absolute atomic E-state index is 0.451. The Labute approximate surface area is 93.0 Å². The second kappa shape index (κ2) is 5.96. The van der Waals surface area contributed by atoms with Crippen molar-refractivity contribution in [1.29, 1.82) is 0 Å². The van der Waals surface area contributed by atoms with E-state index in [1.165, 1.54) is 0 Å². The third-order valence-electron chi connectivity index (χ3n) is 1.78. The van der Waals surface area contributed by atoms with Gasteiger partial charge in [0.05, 0.1) is 0 Å². The van der Waals surface area contributed by atoms with E-state index >= 15 is 0 Å². The smallest absolute Gasteiger partial charge is 0.0479 e. The van der Waals surface area contributed by atoms with Gasteiger partial charge in [0.15, 0.2) is 0 Å². The van der Waals surface area contributed by atoms with Gasteiger partial charge in [0.1, 0.15) is 0 Å². The molecule has 0 bridgehead atoms. The number of nitrogens with two attached hydrogens (primary N) is 1. The first-order valence-electron chi connectivity index (χ1n) is 4.46. The molecular weight excluding hydrogens is 212 g/mol. The van der Waals surface area contributed by atoms with Crippen LogP contribution in [0.5, 0.6) is 0 Å². The van der Waals surface area contributed by atoms with Gasteiger partial charge >= 0.3 is 0 Å². The number of nitrogens with zero attached hydrogens (tertiary/aromatic N) is 3. The van der Waals surface area contributed by atoms with Crippen LogP contribution in [0.1, 0.15) is 12.0 Å². The maximum Gasteiger partial charge on any atom is 0.0479 e. The Balaban J connectivity index is 2.63. The second-order valence-electron chi connectivity index (χ2n) is 2.93. The third-order valence-corrected chi connectivity index (χ3v) is 2.12. The van der Waals surface area contributed by atoms with Crippen LogP contribution in [0.15, 0.2) is 29.4 Å². The van der Waals surface area contributed by atoms with Gasteiger partial charge in [-0.15, -0.1) is 0 Å². The zero-order valence-electron chi connectivity index (χ0n) is 8.10. The zero-order chi connectivity index (χ0) is 11.1. The van der Waals surface area contributed by atoms with E-state index < -0.39 is 0 Å². The number of rotatable bonds is 4. The second-order valence-corrected chi connectivity index (χ2v) is 3.33. The van der Waals surface area contributed by atoms with Gasteiger partial charge in [0.25, 0.3) is 0 Å². The largest absolute Gasteiger partial charge is 0.399 e. The Morgan fingerprint density at radius 3 is 3.07 bits per heavy atom. The summed E-state index contributed by atoms with van der Waals surface area (Å²) in [6, 6.07) is 5.30. The highest BCUT2D eigenvalue weighted by Crippen LogP contribution is 2.20. The maximum absolute atomic E-state index is 8.06. The normalized spacial score (nSPS) is 10.2. The van der Waals surface area contributed by atoms with Crippen LogP contribution in [0.3, 0.4) is 0 Å². The van der Waals surface area contributed by atoms with E-state index in [2.05, 4.69) is 10.0 Å². The Hall–Kier alpha value is -1.64. The first-order chi connectivity index (χ1) is 7.24. The summed E-state index contributed by atoms with van der Waals surface area (Å²) < 4.78 is 0. The maximum atomic E-state index is 8.06. The molecule has 0 fully saturated rings. The number of hydrogen-bond acceptors (Lipinski definition) is 2. The SMILES string of the molecule is [N-]=[N+]=NCCC=Cc1cc(N)ccc1Cl. The molecule has 5 heteroatoms. The Kier molecular flexibility index (Phi) is 4.54. The van der Waals surface area contributed by atoms with Crippen LogP contribution < -0.4 is 5.73 Å². The number of hydrogen-bond donors (Lipinski definition) is 1. The highest BCUT2D eigenvalue weighted by atomic mass is 35.5. The lowest BCUT2D eigenvalue weighted by molar-refractivity contribution is 0.996. The standard InChI is InChI=1S/C10H11ClN4/c11-10-5-4-9(12)7-8(10)3-1-2-6-14-15-13/h1,3-5,7H,2,6,12H2. The lowest BCUT2D eigenvalue weighted by atomic mass is 10.2. The molecule has 0 radical (unpaired) electrons. The summed E-state index contributed by atoms with van der Waals surface area (Å²) in [4.78, 5) is 2.66. The molecule has 1 aromatic carbocycles. The number of benzene rings is 1. The lowest BCUT2D eigenvalue weighted by Crippen LogP contribution is -1.85. The summed E-state index contributed by atoms with van der Waals surface area (Å²) in [5.74, 6) is 0. The van der Waals surface area contributed by atoms with Crippen molar-refractivity contribution >= 4 is 23.4 Å². The van der Waals surface area contributed by atoms with Crippen molar-refractivity contribution in [2.75, 3.05) is 12.3 Å². The van der Waals surface area contributed by atoms with E-state index in [0.717, 1.165) is 5.56 Å². The molecule has 0 unspecified atom stereocenters. The Morgan fingerprint density at radius 1 is 1.53 bits per heavy atom. The molecule has 4 nitrogen and oxygen atoms in total. The molecule has 0 heterocycles. The van der Waals surface area contributed by atoms with Crippen LogP contribution in [0.4, 0.5) is 5.69 Å². The summed E-state index contributed by atoms with van der Waals surface area (Å²) in [6.07, 6.45) is 4.45. The van der Waals surface area contributed by atoms with Gasteiger partial charge in [-0.3, -0.25) is 0 Å². The van der Waals surface area contributed by atoms with Crippen molar-refractivity contribution < 1.29 is 0 Å². The molecule has 0 aromatic heterocycles. The topological polar surface area (TPSA) is 74.8 Å². The molecular formula is C10H11ClN4.